The van der Waals surface area contributed by atoms with Crippen LogP contribution in [0.15, 0.2) is 121 Å². The number of rotatable bonds is 18. The van der Waals surface area contributed by atoms with E-state index in [0.29, 0.717) is 5.56 Å². The molecule has 5 rings (SSSR count). The van der Waals surface area contributed by atoms with E-state index in [4.69, 9.17) is 28.3 Å². The van der Waals surface area contributed by atoms with Crippen LogP contribution in [0.2, 0.25) is 0 Å². The van der Waals surface area contributed by atoms with Crippen LogP contribution >= 0.6 is 0 Å². The molecule has 1 amide bonds. The molecule has 53 heavy (non-hydrogen) atoms. The van der Waals surface area contributed by atoms with Crippen LogP contribution in [0.5, 0.6) is 0 Å². The van der Waals surface area contributed by atoms with E-state index in [-0.39, 0.29) is 49.4 Å². The van der Waals surface area contributed by atoms with Gasteiger partial charge in [-0.3, -0.25) is 0 Å². The molecule has 4 aromatic carbocycles. The maximum absolute atomic E-state index is 12.9. The Morgan fingerprint density at radius 3 is 1.91 bits per heavy atom. The number of carbonyl (C=O) groups excluding carboxylic acids is 4. The molecule has 1 saturated heterocycles. The Morgan fingerprint density at radius 1 is 0.755 bits per heavy atom. The zero-order chi connectivity index (χ0) is 37.4. The first kappa shape index (κ1) is 38.8. The molecule has 4 atom stereocenters. The number of amides is 1. The Morgan fingerprint density at radius 2 is 1.30 bits per heavy atom. The van der Waals surface area contributed by atoms with E-state index in [1.807, 2.05) is 30.3 Å². The second-order valence-electron chi connectivity index (χ2n) is 12.1. The third kappa shape index (κ3) is 11.8. The van der Waals surface area contributed by atoms with Gasteiger partial charge in [0, 0.05) is 0 Å². The van der Waals surface area contributed by atoms with Gasteiger partial charge in [-0.25, -0.2) is 0 Å². The molecule has 0 spiro atoms. The predicted octanol–water partition coefficient (Wildman–Crippen LogP) is 4.29. The average molecular weight is 719 g/mol. The summed E-state index contributed by atoms with van der Waals surface area (Å²) in [6, 6.07) is 34.4. The molecule has 1 fully saturated rings. The van der Waals surface area contributed by atoms with Crippen molar-refractivity contribution in [2.24, 2.45) is 0 Å². The minimum absolute atomic E-state index is 0.141. The SMILES string of the molecule is C[C@H](OC(=O)c1ccccc1)C(O)[C@H](OB=BC(=O)c1ccccc1)C(COC(=O)c1ccccc1)OCOC1CN(C(=O)OCc2ccccc2)C1. The van der Waals surface area contributed by atoms with Crippen LogP contribution in [0.25, 0.3) is 0 Å². The van der Waals surface area contributed by atoms with E-state index >= 15 is 0 Å². The van der Waals surface area contributed by atoms with Crippen molar-refractivity contribution in [2.75, 3.05) is 26.5 Å². The fraction of sp³-hybridized carbons (Fsp3) is 0.282. The number of carbonyl (C=O) groups is 4. The van der Waals surface area contributed by atoms with E-state index in [1.165, 1.54) is 18.6 Å². The number of aliphatic hydroxyl groups excluding tert-OH is 1. The molecule has 0 saturated carbocycles. The van der Waals surface area contributed by atoms with Crippen molar-refractivity contribution in [1.29, 1.82) is 0 Å². The first-order valence-corrected chi connectivity index (χ1v) is 17.0. The Kier molecular flexibility index (Phi) is 14.6. The van der Waals surface area contributed by atoms with E-state index in [1.54, 1.807) is 91.0 Å². The number of hydrogen-bond acceptors (Lipinski definition) is 11. The van der Waals surface area contributed by atoms with Gasteiger partial charge in [0.15, 0.2) is 0 Å². The molecular formula is C39H39B2NO11. The quantitative estimate of drug-likeness (QED) is 0.0680. The van der Waals surface area contributed by atoms with E-state index in [0.717, 1.165) is 12.6 Å². The van der Waals surface area contributed by atoms with Crippen LogP contribution in [-0.2, 0) is 34.9 Å². The number of nitrogens with zero attached hydrogens (tertiary/aromatic N) is 1. The number of ether oxygens (including phenoxy) is 5. The first-order valence-electron chi connectivity index (χ1n) is 17.0. The fourth-order valence-electron chi connectivity index (χ4n) is 5.21. The molecule has 1 heterocycles. The van der Waals surface area contributed by atoms with E-state index in [9.17, 15) is 24.3 Å². The zero-order valence-electron chi connectivity index (χ0n) is 29.1. The molecule has 0 aliphatic carbocycles. The van der Waals surface area contributed by atoms with Crippen molar-refractivity contribution in [3.63, 3.8) is 0 Å². The van der Waals surface area contributed by atoms with Gasteiger partial charge in [-0.05, 0) is 5.56 Å². The molecular weight excluding hydrogens is 680 g/mol. The standard InChI is InChI=1S/C39H39B2NO11/c1-27(52-38(46)31-20-12-5-13-21-31)34(43)35(53-41-40-36(44)29-16-8-3-9-17-29)33(25-48-37(45)30-18-10-4-11-19-30)51-26-50-32-22-42(23-32)39(47)49-24-28-14-6-2-7-15-28/h2-21,27,32-35,43H,22-26H2,1H3/t27-,33?,34?,35+/m0/s1. The van der Waals surface area contributed by atoms with Crippen molar-refractivity contribution < 1.29 is 52.6 Å². The summed E-state index contributed by atoms with van der Waals surface area (Å²) >= 11 is 0. The van der Waals surface area contributed by atoms with Crippen molar-refractivity contribution in [1.82, 2.24) is 4.90 Å². The Labute approximate surface area is 308 Å². The fourth-order valence-corrected chi connectivity index (χ4v) is 5.21. The summed E-state index contributed by atoms with van der Waals surface area (Å²) in [7, 11) is 1.11. The first-order chi connectivity index (χ1) is 25.8. The summed E-state index contributed by atoms with van der Waals surface area (Å²) in [5, 5.41) is 11.6. The second kappa shape index (κ2) is 20.0. The summed E-state index contributed by atoms with van der Waals surface area (Å²) in [6.07, 6.45) is -6.09. The number of likely N-dealkylation sites (tertiary alicyclic amines) is 1. The molecule has 12 nitrogen and oxygen atoms in total. The minimum atomic E-state index is -1.54. The van der Waals surface area contributed by atoms with Crippen LogP contribution < -0.4 is 0 Å². The molecule has 1 N–H and O–H groups in total. The average Bonchev–Trinajstić information content (AvgIpc) is 3.18. The predicted molar refractivity (Wildman–Crippen MR) is 194 cm³/mol. The van der Waals surface area contributed by atoms with Crippen molar-refractivity contribution in [3.05, 3.63) is 144 Å². The Hall–Kier alpha value is -5.43. The van der Waals surface area contributed by atoms with E-state index in [2.05, 4.69) is 0 Å². The van der Waals surface area contributed by atoms with Gasteiger partial charge in [-0.1, -0.05) is 30.3 Å². The number of esters is 2. The molecule has 0 aromatic heterocycles. The van der Waals surface area contributed by atoms with Gasteiger partial charge in [0.1, 0.15) is 0 Å². The number of benzene rings is 4. The third-order valence-electron chi connectivity index (χ3n) is 8.29. The van der Waals surface area contributed by atoms with Crippen LogP contribution in [0.1, 0.15) is 43.6 Å². The third-order valence-corrected chi connectivity index (χ3v) is 8.29. The summed E-state index contributed by atoms with van der Waals surface area (Å²) in [6.45, 7) is 2.54. The Bertz CT molecular complexity index is 1790. The molecule has 0 bridgehead atoms. The van der Waals surface area contributed by atoms with Gasteiger partial charge in [-0.15, -0.1) is 0 Å². The summed E-state index contributed by atoms with van der Waals surface area (Å²) in [5.74, 6) is -1.34. The second-order valence-corrected chi connectivity index (χ2v) is 12.1. The topological polar surface area (TPSA) is 147 Å². The van der Waals surface area contributed by atoms with Gasteiger partial charge in [-0.2, -0.15) is 0 Å². The van der Waals surface area contributed by atoms with Crippen molar-refractivity contribution >= 4 is 37.5 Å². The van der Waals surface area contributed by atoms with Crippen molar-refractivity contribution in [3.8, 4) is 0 Å². The molecule has 2 unspecified atom stereocenters. The number of aliphatic hydroxyl groups is 1. The molecule has 1 aliphatic heterocycles. The zero-order valence-corrected chi connectivity index (χ0v) is 29.1. The monoisotopic (exact) mass is 719 g/mol. The maximum atomic E-state index is 12.9. The Balaban J connectivity index is 1.26. The van der Waals surface area contributed by atoms with Gasteiger partial charge < -0.3 is 0 Å². The van der Waals surface area contributed by atoms with Gasteiger partial charge >= 0.3 is 273 Å². The molecule has 4 aromatic rings. The van der Waals surface area contributed by atoms with Crippen molar-refractivity contribution in [2.45, 2.75) is 44.1 Å². The van der Waals surface area contributed by atoms with Gasteiger partial charge in [0.25, 0.3) is 0 Å². The molecule has 1 aliphatic rings. The summed E-state index contributed by atoms with van der Waals surface area (Å²) in [4.78, 5) is 52.6. The van der Waals surface area contributed by atoms with Crippen LogP contribution in [-0.4, -0.2) is 105 Å². The molecule has 14 heteroatoms. The summed E-state index contributed by atoms with van der Waals surface area (Å²) in [5.41, 5.74) is 1.46. The normalized spacial score (nSPS) is 14.7. The van der Waals surface area contributed by atoms with Gasteiger partial charge in [0.2, 0.25) is 0 Å². The van der Waals surface area contributed by atoms with Gasteiger partial charge in [0.05, 0.1) is 0 Å². The van der Waals surface area contributed by atoms with Crippen LogP contribution in [0.4, 0.5) is 4.79 Å². The molecule has 272 valence electrons. The van der Waals surface area contributed by atoms with Crippen LogP contribution in [0, 0.1) is 0 Å². The van der Waals surface area contributed by atoms with Crippen LogP contribution in [0.3, 0.4) is 0 Å². The molecule has 0 radical (unpaired) electrons. The summed E-state index contributed by atoms with van der Waals surface area (Å²) < 4.78 is 34.3. The number of hydrogen-bond donors (Lipinski definition) is 1. The van der Waals surface area contributed by atoms with E-state index < -0.39 is 49.1 Å².